The second-order valence-corrected chi connectivity index (χ2v) is 11.6. The van der Waals surface area contributed by atoms with Gasteiger partial charge in [-0.2, -0.15) is 0 Å². The summed E-state index contributed by atoms with van der Waals surface area (Å²) in [5.74, 6) is 1.78. The molecule has 9 rings (SSSR count). The fraction of sp³-hybridized carbons (Fsp3) is 0. The number of furan rings is 1. The van der Waals surface area contributed by atoms with E-state index in [0.29, 0.717) is 17.5 Å². The Labute approximate surface area is 271 Å². The van der Waals surface area contributed by atoms with Crippen LogP contribution in [0.4, 0.5) is 0 Å². The minimum Gasteiger partial charge on any atom is -0.455 e. The first-order valence-electron chi connectivity index (χ1n) is 15.7. The van der Waals surface area contributed by atoms with Gasteiger partial charge in [0.2, 0.25) is 0 Å². The van der Waals surface area contributed by atoms with Gasteiger partial charge in [-0.15, -0.1) is 0 Å². The lowest BCUT2D eigenvalue weighted by atomic mass is 9.95. The Kier molecular flexibility index (Phi) is 6.43. The van der Waals surface area contributed by atoms with E-state index in [1.807, 2.05) is 42.5 Å². The van der Waals surface area contributed by atoms with Crippen LogP contribution in [0.15, 0.2) is 168 Å². The van der Waals surface area contributed by atoms with Gasteiger partial charge >= 0.3 is 0 Å². The first-order chi connectivity index (χ1) is 23.3. The molecule has 7 aromatic carbocycles. The van der Waals surface area contributed by atoms with E-state index < -0.39 is 0 Å². The third-order valence-electron chi connectivity index (χ3n) is 8.75. The molecule has 0 radical (unpaired) electrons. The maximum absolute atomic E-state index is 6.76. The predicted octanol–water partition coefficient (Wildman–Crippen LogP) is 11.3. The number of nitrogens with zero attached hydrogens (tertiary/aromatic N) is 3. The molecule has 4 nitrogen and oxygen atoms in total. The van der Waals surface area contributed by atoms with Crippen molar-refractivity contribution in [2.45, 2.75) is 0 Å². The molecule has 2 heterocycles. The molecule has 9 aromatic rings. The van der Waals surface area contributed by atoms with E-state index in [0.717, 1.165) is 60.7 Å². The first-order valence-corrected chi connectivity index (χ1v) is 15.7. The van der Waals surface area contributed by atoms with Crippen molar-refractivity contribution in [2.75, 3.05) is 0 Å². The van der Waals surface area contributed by atoms with Crippen LogP contribution in [0.25, 0.3) is 89.1 Å². The van der Waals surface area contributed by atoms with E-state index in [9.17, 15) is 0 Å². The number of aromatic nitrogens is 3. The van der Waals surface area contributed by atoms with Crippen molar-refractivity contribution in [3.63, 3.8) is 0 Å². The molecule has 220 valence electrons. The number of benzene rings is 7. The van der Waals surface area contributed by atoms with Gasteiger partial charge in [0.15, 0.2) is 17.5 Å². The van der Waals surface area contributed by atoms with E-state index in [2.05, 4.69) is 121 Å². The minimum atomic E-state index is 0.564. The lowest BCUT2D eigenvalue weighted by Gasteiger charge is -2.11. The highest BCUT2D eigenvalue weighted by Crippen LogP contribution is 2.44. The van der Waals surface area contributed by atoms with Gasteiger partial charge in [0, 0.05) is 21.9 Å². The van der Waals surface area contributed by atoms with E-state index in [4.69, 9.17) is 19.4 Å². The topological polar surface area (TPSA) is 51.8 Å². The van der Waals surface area contributed by atoms with Gasteiger partial charge in [-0.3, -0.25) is 0 Å². The Morgan fingerprint density at radius 3 is 1.55 bits per heavy atom. The van der Waals surface area contributed by atoms with Crippen molar-refractivity contribution in [1.29, 1.82) is 0 Å². The molecule has 0 aliphatic heterocycles. The molecule has 2 aromatic heterocycles. The number of rotatable bonds is 5. The highest BCUT2D eigenvalue weighted by atomic mass is 16.3. The van der Waals surface area contributed by atoms with Crippen LogP contribution in [0.5, 0.6) is 0 Å². The summed E-state index contributed by atoms with van der Waals surface area (Å²) in [6, 6.07) is 56.2. The Balaban J connectivity index is 1.30. The van der Waals surface area contributed by atoms with Gasteiger partial charge < -0.3 is 4.42 Å². The zero-order chi connectivity index (χ0) is 31.2. The van der Waals surface area contributed by atoms with Crippen molar-refractivity contribution in [3.8, 4) is 56.4 Å². The second kappa shape index (κ2) is 11.2. The smallest absolute Gasteiger partial charge is 0.167 e. The van der Waals surface area contributed by atoms with Crippen molar-refractivity contribution in [3.05, 3.63) is 164 Å². The molecule has 0 bridgehead atoms. The molecule has 0 saturated heterocycles. The maximum atomic E-state index is 6.76. The SMILES string of the molecule is c1ccc(-c2ccc(-c3nc(-c4ccccc4)nc(-c4ccc(-c5ccccc5)c5c4oc4ccc6ccccc6c45)n3)cc2)cc1. The Morgan fingerprint density at radius 1 is 0.340 bits per heavy atom. The molecule has 0 amide bonds. The van der Waals surface area contributed by atoms with Crippen LogP contribution in [0.1, 0.15) is 0 Å². The lowest BCUT2D eigenvalue weighted by Crippen LogP contribution is -2.00. The quantitative estimate of drug-likeness (QED) is 0.197. The monoisotopic (exact) mass is 601 g/mol. The van der Waals surface area contributed by atoms with E-state index in [1.165, 1.54) is 10.9 Å². The Bertz CT molecular complexity index is 2540. The molecule has 4 heteroatoms. The van der Waals surface area contributed by atoms with Crippen molar-refractivity contribution in [1.82, 2.24) is 15.0 Å². The molecule has 0 unspecified atom stereocenters. The zero-order valence-electron chi connectivity index (χ0n) is 25.3. The summed E-state index contributed by atoms with van der Waals surface area (Å²) < 4.78 is 6.76. The fourth-order valence-electron chi connectivity index (χ4n) is 6.46. The summed E-state index contributed by atoms with van der Waals surface area (Å²) in [6.45, 7) is 0. The molecule has 0 spiro atoms. The highest BCUT2D eigenvalue weighted by Gasteiger charge is 2.22. The van der Waals surface area contributed by atoms with Gasteiger partial charge in [-0.1, -0.05) is 152 Å². The normalized spacial score (nSPS) is 11.4. The first kappa shape index (κ1) is 27.0. The molecule has 0 aliphatic rings. The standard InChI is InChI=1S/C43H27N3O/c1-4-12-28(13-5-1)29-20-22-33(23-21-29)42-44-41(32-17-8-3-9-18-32)45-43(46-42)36-26-25-35(30-14-6-2-7-15-30)39-38-34-19-11-10-16-31(34)24-27-37(38)47-40(36)39/h1-27H. The van der Waals surface area contributed by atoms with E-state index >= 15 is 0 Å². The summed E-state index contributed by atoms with van der Waals surface area (Å²) in [7, 11) is 0. The summed E-state index contributed by atoms with van der Waals surface area (Å²) in [4.78, 5) is 15.1. The minimum absolute atomic E-state index is 0.564. The molecule has 0 N–H and O–H groups in total. The highest BCUT2D eigenvalue weighted by molar-refractivity contribution is 6.24. The van der Waals surface area contributed by atoms with E-state index in [-0.39, 0.29) is 0 Å². The number of hydrogen-bond donors (Lipinski definition) is 0. The van der Waals surface area contributed by atoms with Crippen molar-refractivity contribution < 1.29 is 4.42 Å². The summed E-state index contributed by atoms with van der Waals surface area (Å²) >= 11 is 0. The molecular formula is C43H27N3O. The third-order valence-corrected chi connectivity index (χ3v) is 8.75. The van der Waals surface area contributed by atoms with E-state index in [1.54, 1.807) is 0 Å². The summed E-state index contributed by atoms with van der Waals surface area (Å²) in [5, 5.41) is 4.46. The lowest BCUT2D eigenvalue weighted by molar-refractivity contribution is 0.670. The summed E-state index contributed by atoms with van der Waals surface area (Å²) in [5.41, 5.74) is 8.78. The van der Waals surface area contributed by atoms with Gasteiger partial charge in [-0.05, 0) is 45.2 Å². The van der Waals surface area contributed by atoms with Crippen LogP contribution in [-0.2, 0) is 0 Å². The Hall–Kier alpha value is -6.39. The molecule has 47 heavy (non-hydrogen) atoms. The summed E-state index contributed by atoms with van der Waals surface area (Å²) in [6.07, 6.45) is 0. The largest absolute Gasteiger partial charge is 0.455 e. The van der Waals surface area contributed by atoms with Crippen molar-refractivity contribution in [2.24, 2.45) is 0 Å². The van der Waals surface area contributed by atoms with Crippen LogP contribution in [-0.4, -0.2) is 15.0 Å². The van der Waals surface area contributed by atoms with Gasteiger partial charge in [0.25, 0.3) is 0 Å². The molecule has 0 fully saturated rings. The van der Waals surface area contributed by atoms with Crippen molar-refractivity contribution >= 4 is 32.7 Å². The van der Waals surface area contributed by atoms with Crippen LogP contribution in [0, 0.1) is 0 Å². The number of fused-ring (bicyclic) bond motifs is 5. The fourth-order valence-corrected chi connectivity index (χ4v) is 6.46. The third kappa shape index (κ3) is 4.75. The van der Waals surface area contributed by atoms with Gasteiger partial charge in [0.1, 0.15) is 11.2 Å². The van der Waals surface area contributed by atoms with Crippen LogP contribution >= 0.6 is 0 Å². The maximum Gasteiger partial charge on any atom is 0.167 e. The van der Waals surface area contributed by atoms with Crippen LogP contribution < -0.4 is 0 Å². The molecule has 0 saturated carbocycles. The van der Waals surface area contributed by atoms with Gasteiger partial charge in [0.05, 0.1) is 5.56 Å². The average molecular weight is 602 g/mol. The van der Waals surface area contributed by atoms with Crippen LogP contribution in [0.2, 0.25) is 0 Å². The average Bonchev–Trinajstić information content (AvgIpc) is 3.56. The van der Waals surface area contributed by atoms with Gasteiger partial charge in [-0.25, -0.2) is 15.0 Å². The molecule has 0 atom stereocenters. The number of hydrogen-bond acceptors (Lipinski definition) is 4. The zero-order valence-corrected chi connectivity index (χ0v) is 25.3. The molecular weight excluding hydrogens is 574 g/mol. The van der Waals surface area contributed by atoms with Crippen LogP contribution in [0.3, 0.4) is 0 Å². The molecule has 0 aliphatic carbocycles. The Morgan fingerprint density at radius 2 is 0.851 bits per heavy atom. The predicted molar refractivity (Wildman–Crippen MR) is 192 cm³/mol. The second-order valence-electron chi connectivity index (χ2n) is 11.6.